The smallest absolute Gasteiger partial charge is 0.408 e. The van der Waals surface area contributed by atoms with Gasteiger partial charge in [0.1, 0.15) is 17.5 Å². The lowest BCUT2D eigenvalue weighted by Gasteiger charge is -2.35. The van der Waals surface area contributed by atoms with Crippen LogP contribution in [0.5, 0.6) is 0 Å². The van der Waals surface area contributed by atoms with Gasteiger partial charge in [0.2, 0.25) is 5.56 Å². The fourth-order valence-electron chi connectivity index (χ4n) is 4.04. The van der Waals surface area contributed by atoms with Crippen molar-refractivity contribution in [2.75, 3.05) is 36.1 Å². The van der Waals surface area contributed by atoms with Crippen LogP contribution in [0.1, 0.15) is 21.5 Å². The maximum absolute atomic E-state index is 13.3. The summed E-state index contributed by atoms with van der Waals surface area (Å²) in [6.45, 7) is 3.53. The molecule has 1 aliphatic rings. The molecule has 1 fully saturated rings. The summed E-state index contributed by atoms with van der Waals surface area (Å²) < 4.78 is 41.3. The van der Waals surface area contributed by atoms with Crippen LogP contribution >= 0.6 is 0 Å². The third-order valence-corrected chi connectivity index (χ3v) is 7.40. The Morgan fingerprint density at radius 1 is 1.16 bits per heavy atom. The van der Waals surface area contributed by atoms with Crippen molar-refractivity contribution >= 4 is 26.4 Å². The number of halogens is 3. The lowest BCUT2D eigenvalue weighted by Crippen LogP contribution is -2.49. The van der Waals surface area contributed by atoms with Crippen molar-refractivity contribution in [3.05, 3.63) is 80.3 Å². The highest BCUT2D eigenvalue weighted by molar-refractivity contribution is 6.59. The Kier molecular flexibility index (Phi) is 7.62. The standard InChI is InChI=1S/C23H22F3N8O3Si/c1-38(31-17-12-29-30-21(36)20(17)23(24,25)26)14-34-13-16(3-5-19(34)35)22(37)33-8-6-32(7-9-33)18-4-2-15(10-27)11-28-18/h2-5,11-13H,6-9,14H2,1H3,(H2,30,31,36). The number of pyridine rings is 2. The van der Waals surface area contributed by atoms with Crippen LogP contribution in [0.2, 0.25) is 6.55 Å². The summed E-state index contributed by atoms with van der Waals surface area (Å²) in [5.74, 6) is 0.432. The Bertz CT molecular complexity index is 1480. The van der Waals surface area contributed by atoms with Gasteiger partial charge < -0.3 is 19.3 Å². The Labute approximate surface area is 215 Å². The summed E-state index contributed by atoms with van der Waals surface area (Å²) in [6, 6.07) is 8.12. The molecule has 0 aliphatic carbocycles. The third-order valence-electron chi connectivity index (χ3n) is 5.89. The van der Waals surface area contributed by atoms with E-state index in [0.29, 0.717) is 37.6 Å². The van der Waals surface area contributed by atoms with E-state index in [9.17, 15) is 27.6 Å². The van der Waals surface area contributed by atoms with Crippen LogP contribution in [0.4, 0.5) is 24.7 Å². The number of H-pyrrole nitrogens is 1. The van der Waals surface area contributed by atoms with Gasteiger partial charge in [-0.3, -0.25) is 14.4 Å². The van der Waals surface area contributed by atoms with Gasteiger partial charge in [0.05, 0.1) is 23.0 Å². The number of amides is 1. The van der Waals surface area contributed by atoms with E-state index in [1.807, 2.05) is 11.0 Å². The highest BCUT2D eigenvalue weighted by atomic mass is 28.3. The molecule has 0 saturated carbocycles. The van der Waals surface area contributed by atoms with E-state index >= 15 is 0 Å². The van der Waals surface area contributed by atoms with Gasteiger partial charge in [0, 0.05) is 50.8 Å². The van der Waals surface area contributed by atoms with Crippen molar-refractivity contribution in [1.82, 2.24) is 24.6 Å². The number of piperazine rings is 1. The Balaban J connectivity index is 1.42. The maximum atomic E-state index is 13.3. The second-order valence-electron chi connectivity index (χ2n) is 8.57. The molecule has 1 amide bonds. The molecule has 2 N–H and O–H groups in total. The molecule has 11 nitrogen and oxygen atoms in total. The molecule has 3 aromatic rings. The zero-order chi connectivity index (χ0) is 27.4. The van der Waals surface area contributed by atoms with E-state index in [4.69, 9.17) is 5.26 Å². The van der Waals surface area contributed by atoms with Crippen LogP contribution in [0, 0.1) is 11.3 Å². The van der Waals surface area contributed by atoms with Crippen molar-refractivity contribution in [2.24, 2.45) is 0 Å². The molecule has 3 aromatic heterocycles. The van der Waals surface area contributed by atoms with Gasteiger partial charge in [0.15, 0.2) is 8.96 Å². The summed E-state index contributed by atoms with van der Waals surface area (Å²) in [5, 5.41) is 14.1. The number of rotatable bonds is 6. The minimum absolute atomic E-state index is 0.0346. The fourth-order valence-corrected chi connectivity index (χ4v) is 5.53. The Morgan fingerprint density at radius 3 is 2.53 bits per heavy atom. The normalized spacial score (nSPS) is 13.9. The van der Waals surface area contributed by atoms with Crippen molar-refractivity contribution in [1.29, 1.82) is 5.26 Å². The number of carbonyl (C=O) groups is 1. The largest absolute Gasteiger partial charge is 0.423 e. The molecule has 1 radical (unpaired) electrons. The van der Waals surface area contributed by atoms with Gasteiger partial charge >= 0.3 is 6.18 Å². The zero-order valence-electron chi connectivity index (χ0n) is 20.1. The minimum atomic E-state index is -4.88. The molecule has 15 heteroatoms. The number of hydrogen-bond donors (Lipinski definition) is 2. The number of nitriles is 1. The molecule has 0 spiro atoms. The van der Waals surface area contributed by atoms with Gasteiger partial charge in [0.25, 0.3) is 11.5 Å². The van der Waals surface area contributed by atoms with E-state index in [0.717, 1.165) is 6.20 Å². The molecular formula is C23H22F3N8O3Si. The number of anilines is 2. The number of carbonyl (C=O) groups excluding carboxylic acids is 1. The zero-order valence-corrected chi connectivity index (χ0v) is 21.1. The first kappa shape index (κ1) is 26.6. The van der Waals surface area contributed by atoms with Crippen molar-refractivity contribution in [2.45, 2.75) is 18.9 Å². The van der Waals surface area contributed by atoms with Crippen molar-refractivity contribution in [3.8, 4) is 6.07 Å². The van der Waals surface area contributed by atoms with Crippen LogP contribution in [-0.2, 0) is 12.3 Å². The summed E-state index contributed by atoms with van der Waals surface area (Å²) in [4.78, 5) is 47.9. The lowest BCUT2D eigenvalue weighted by molar-refractivity contribution is -0.138. The van der Waals surface area contributed by atoms with Crippen molar-refractivity contribution in [3.63, 3.8) is 0 Å². The summed E-state index contributed by atoms with van der Waals surface area (Å²) in [5.41, 5.74) is -2.89. The number of nitrogens with one attached hydrogen (secondary N) is 2. The number of alkyl halides is 3. The van der Waals surface area contributed by atoms with Gasteiger partial charge in [-0.05, 0) is 18.2 Å². The minimum Gasteiger partial charge on any atom is -0.408 e. The van der Waals surface area contributed by atoms with Gasteiger partial charge in [-0.15, -0.1) is 0 Å². The van der Waals surface area contributed by atoms with Crippen LogP contribution in [-0.4, -0.2) is 65.7 Å². The predicted octanol–water partition coefficient (Wildman–Crippen LogP) is 1.45. The number of hydrogen-bond acceptors (Lipinski definition) is 8. The molecule has 0 atom stereocenters. The number of aromatic nitrogens is 4. The van der Waals surface area contributed by atoms with Gasteiger partial charge in [-0.2, -0.15) is 23.5 Å². The molecule has 0 aromatic carbocycles. The topological polar surface area (TPSA) is 140 Å². The molecule has 1 saturated heterocycles. The monoisotopic (exact) mass is 543 g/mol. The average Bonchev–Trinajstić information content (AvgIpc) is 2.89. The van der Waals surface area contributed by atoms with Gasteiger partial charge in [-0.25, -0.2) is 10.1 Å². The average molecular weight is 544 g/mol. The second kappa shape index (κ2) is 10.9. The van der Waals surface area contributed by atoms with Crippen LogP contribution in [0.3, 0.4) is 0 Å². The van der Waals surface area contributed by atoms with E-state index < -0.39 is 37.5 Å². The highest BCUT2D eigenvalue weighted by Gasteiger charge is 2.37. The van der Waals surface area contributed by atoms with E-state index in [-0.39, 0.29) is 17.6 Å². The Hall–Kier alpha value is -4.45. The Morgan fingerprint density at radius 2 is 1.89 bits per heavy atom. The highest BCUT2D eigenvalue weighted by Crippen LogP contribution is 2.31. The van der Waals surface area contributed by atoms with Crippen molar-refractivity contribution < 1.29 is 18.0 Å². The first-order valence-corrected chi connectivity index (χ1v) is 13.6. The fraction of sp³-hybridized carbons (Fsp3) is 0.304. The van der Waals surface area contributed by atoms with Crippen LogP contribution in [0.25, 0.3) is 0 Å². The van der Waals surface area contributed by atoms with Crippen LogP contribution < -0.4 is 21.0 Å². The summed E-state index contributed by atoms with van der Waals surface area (Å²) in [7, 11) is -1.86. The first-order valence-electron chi connectivity index (χ1n) is 11.4. The SMILES string of the molecule is C[Si](Cn1cc(C(=O)N2CCN(c3ccc(C#N)cn3)CC2)ccc1=O)Nc1cn[nH]c(=O)c1C(F)(F)F. The number of nitrogens with zero attached hydrogens (tertiary/aromatic N) is 6. The molecule has 0 bridgehead atoms. The van der Waals surface area contributed by atoms with E-state index in [1.54, 1.807) is 28.7 Å². The van der Waals surface area contributed by atoms with E-state index in [2.05, 4.69) is 15.1 Å². The quantitative estimate of drug-likeness (QED) is 0.446. The molecule has 4 rings (SSSR count). The predicted molar refractivity (Wildman–Crippen MR) is 133 cm³/mol. The molecule has 4 heterocycles. The summed E-state index contributed by atoms with van der Waals surface area (Å²) in [6.07, 6.45) is -1.08. The number of aromatic amines is 1. The van der Waals surface area contributed by atoms with E-state index in [1.165, 1.54) is 29.1 Å². The molecule has 0 unspecified atom stereocenters. The first-order chi connectivity index (χ1) is 18.1. The summed E-state index contributed by atoms with van der Waals surface area (Å²) >= 11 is 0. The second-order valence-corrected chi connectivity index (χ2v) is 10.7. The lowest BCUT2D eigenvalue weighted by atomic mass is 10.2. The van der Waals surface area contributed by atoms with Crippen LogP contribution in [0.15, 0.2) is 52.4 Å². The molecule has 38 heavy (non-hydrogen) atoms. The molecular weight excluding hydrogens is 521 g/mol. The molecule has 1 aliphatic heterocycles. The van der Waals surface area contributed by atoms with Gasteiger partial charge in [-0.1, -0.05) is 6.55 Å². The maximum Gasteiger partial charge on any atom is 0.423 e. The molecule has 197 valence electrons. The third kappa shape index (κ3) is 5.91.